The van der Waals surface area contributed by atoms with E-state index in [4.69, 9.17) is 17.0 Å². The maximum atomic E-state index is 12.8. The van der Waals surface area contributed by atoms with Crippen molar-refractivity contribution in [2.45, 2.75) is 38.8 Å². The summed E-state index contributed by atoms with van der Waals surface area (Å²) in [6, 6.07) is 8.19. The number of aromatic nitrogens is 3. The second-order valence-corrected chi connectivity index (χ2v) is 7.70. The predicted molar refractivity (Wildman–Crippen MR) is 112 cm³/mol. The van der Waals surface area contributed by atoms with Gasteiger partial charge in [0, 0.05) is 37.7 Å². The van der Waals surface area contributed by atoms with E-state index >= 15 is 0 Å². The van der Waals surface area contributed by atoms with E-state index in [0.717, 1.165) is 43.1 Å². The molecule has 0 aliphatic carbocycles. The van der Waals surface area contributed by atoms with Gasteiger partial charge in [-0.15, -0.1) is 0 Å². The SMILES string of the molecule is CCOc1ccc(-c2n[nH]c(=S)n2CCC(=O)N2CCCC(N(C)C)C2)cc1. The summed E-state index contributed by atoms with van der Waals surface area (Å²) in [5.74, 6) is 1.74. The monoisotopic (exact) mass is 403 g/mol. The van der Waals surface area contributed by atoms with Crippen LogP contribution in [0, 0.1) is 4.77 Å². The number of nitrogens with zero attached hydrogens (tertiary/aromatic N) is 4. The zero-order valence-corrected chi connectivity index (χ0v) is 17.7. The van der Waals surface area contributed by atoms with Gasteiger partial charge in [-0.2, -0.15) is 5.10 Å². The smallest absolute Gasteiger partial charge is 0.224 e. The number of nitrogens with one attached hydrogen (secondary N) is 1. The van der Waals surface area contributed by atoms with Gasteiger partial charge in [-0.1, -0.05) is 0 Å². The van der Waals surface area contributed by atoms with Gasteiger partial charge in [0.2, 0.25) is 5.91 Å². The van der Waals surface area contributed by atoms with E-state index in [2.05, 4.69) is 29.2 Å². The molecular weight excluding hydrogens is 374 g/mol. The Labute approximate surface area is 171 Å². The molecule has 1 unspecified atom stereocenters. The molecule has 8 heteroatoms. The van der Waals surface area contributed by atoms with Gasteiger partial charge in [0.1, 0.15) is 5.75 Å². The molecule has 0 radical (unpaired) electrons. The molecule has 1 aliphatic heterocycles. The number of H-pyrrole nitrogens is 1. The van der Waals surface area contributed by atoms with E-state index in [1.807, 2.05) is 40.7 Å². The summed E-state index contributed by atoms with van der Waals surface area (Å²) in [7, 11) is 4.15. The quantitative estimate of drug-likeness (QED) is 0.720. The number of ether oxygens (including phenoxy) is 1. The molecule has 1 aromatic carbocycles. The number of hydrogen-bond acceptors (Lipinski definition) is 5. The summed E-state index contributed by atoms with van der Waals surface area (Å²) in [6.07, 6.45) is 2.61. The van der Waals surface area contributed by atoms with Crippen LogP contribution in [-0.2, 0) is 11.3 Å². The zero-order chi connectivity index (χ0) is 20.1. The molecule has 152 valence electrons. The Bertz CT molecular complexity index is 843. The number of aromatic amines is 1. The van der Waals surface area contributed by atoms with Crippen LogP contribution in [0.3, 0.4) is 0 Å². The second kappa shape index (κ2) is 9.34. The van der Waals surface area contributed by atoms with Crippen molar-refractivity contribution in [1.29, 1.82) is 0 Å². The van der Waals surface area contributed by atoms with Gasteiger partial charge in [-0.05, 0) is 70.3 Å². The van der Waals surface area contributed by atoms with Gasteiger partial charge in [-0.3, -0.25) is 14.5 Å². The van der Waals surface area contributed by atoms with Crippen LogP contribution in [-0.4, -0.2) is 70.3 Å². The van der Waals surface area contributed by atoms with Crippen molar-refractivity contribution in [3.05, 3.63) is 29.0 Å². The highest BCUT2D eigenvalue weighted by Crippen LogP contribution is 2.22. The van der Waals surface area contributed by atoms with Crippen LogP contribution >= 0.6 is 12.2 Å². The van der Waals surface area contributed by atoms with Gasteiger partial charge in [0.25, 0.3) is 0 Å². The molecule has 1 amide bonds. The molecule has 7 nitrogen and oxygen atoms in total. The Morgan fingerprint density at radius 1 is 1.36 bits per heavy atom. The van der Waals surface area contributed by atoms with Crippen LogP contribution in [0.4, 0.5) is 0 Å². The van der Waals surface area contributed by atoms with Crippen LogP contribution in [0.25, 0.3) is 11.4 Å². The standard InChI is InChI=1S/C20H29N5O2S/c1-4-27-17-9-7-15(8-10-17)19-21-22-20(28)25(19)13-11-18(26)24-12-5-6-16(14-24)23(2)3/h7-10,16H,4-6,11-14H2,1-3H3,(H,22,28). The average molecular weight is 404 g/mol. The average Bonchev–Trinajstić information content (AvgIpc) is 3.07. The third kappa shape index (κ3) is 4.80. The fourth-order valence-corrected chi connectivity index (χ4v) is 3.80. The lowest BCUT2D eigenvalue weighted by molar-refractivity contribution is -0.133. The number of rotatable bonds is 7. The molecule has 2 heterocycles. The number of carbonyl (C=O) groups is 1. The predicted octanol–water partition coefficient (Wildman–Crippen LogP) is 2.95. The van der Waals surface area contributed by atoms with Gasteiger partial charge in [0.15, 0.2) is 10.6 Å². The first-order chi connectivity index (χ1) is 13.5. The Morgan fingerprint density at radius 3 is 2.79 bits per heavy atom. The van der Waals surface area contributed by atoms with Gasteiger partial charge in [-0.25, -0.2) is 0 Å². The molecule has 1 saturated heterocycles. The molecule has 1 aromatic heterocycles. The molecule has 1 N–H and O–H groups in total. The molecule has 1 atom stereocenters. The fourth-order valence-electron chi connectivity index (χ4n) is 3.58. The van der Waals surface area contributed by atoms with Crippen LogP contribution in [0.5, 0.6) is 5.75 Å². The van der Waals surface area contributed by atoms with E-state index in [0.29, 0.717) is 30.4 Å². The van der Waals surface area contributed by atoms with E-state index in [1.165, 1.54) is 0 Å². The first-order valence-electron chi connectivity index (χ1n) is 9.82. The molecule has 2 aromatic rings. The number of amides is 1. The van der Waals surface area contributed by atoms with Crippen molar-refractivity contribution < 1.29 is 9.53 Å². The Hall–Kier alpha value is -2.19. The maximum Gasteiger partial charge on any atom is 0.224 e. The molecule has 1 fully saturated rings. The number of piperidine rings is 1. The van der Waals surface area contributed by atoms with E-state index in [-0.39, 0.29) is 5.91 Å². The zero-order valence-electron chi connectivity index (χ0n) is 16.9. The highest BCUT2D eigenvalue weighted by molar-refractivity contribution is 7.71. The lowest BCUT2D eigenvalue weighted by Gasteiger charge is -2.36. The Kier molecular flexibility index (Phi) is 6.85. The first-order valence-corrected chi connectivity index (χ1v) is 10.2. The largest absolute Gasteiger partial charge is 0.494 e. The minimum absolute atomic E-state index is 0.173. The third-order valence-electron chi connectivity index (χ3n) is 5.21. The molecule has 3 rings (SSSR count). The van der Waals surface area contributed by atoms with Crippen LogP contribution in [0.2, 0.25) is 0 Å². The number of carbonyl (C=O) groups excluding carboxylic acids is 1. The molecule has 0 saturated carbocycles. The molecular formula is C20H29N5O2S. The van der Waals surface area contributed by atoms with Gasteiger partial charge < -0.3 is 14.5 Å². The van der Waals surface area contributed by atoms with Crippen LogP contribution < -0.4 is 4.74 Å². The lowest BCUT2D eigenvalue weighted by atomic mass is 10.0. The van der Waals surface area contributed by atoms with Crippen molar-refractivity contribution in [1.82, 2.24) is 24.6 Å². The summed E-state index contributed by atoms with van der Waals surface area (Å²) < 4.78 is 7.92. The number of likely N-dealkylation sites (N-methyl/N-ethyl adjacent to an activating group) is 1. The Morgan fingerprint density at radius 2 is 2.11 bits per heavy atom. The maximum absolute atomic E-state index is 12.8. The Balaban J connectivity index is 1.67. The summed E-state index contributed by atoms with van der Waals surface area (Å²) >= 11 is 5.39. The topological polar surface area (TPSA) is 66.4 Å². The highest BCUT2D eigenvalue weighted by Gasteiger charge is 2.24. The fraction of sp³-hybridized carbons (Fsp3) is 0.550. The van der Waals surface area contributed by atoms with Crippen molar-refractivity contribution >= 4 is 18.1 Å². The molecule has 1 aliphatic rings. The van der Waals surface area contributed by atoms with Crippen molar-refractivity contribution in [3.8, 4) is 17.1 Å². The number of benzene rings is 1. The van der Waals surface area contributed by atoms with Gasteiger partial charge in [0.05, 0.1) is 6.61 Å². The van der Waals surface area contributed by atoms with E-state index < -0.39 is 0 Å². The summed E-state index contributed by atoms with van der Waals surface area (Å²) in [6.45, 7) is 4.74. The van der Waals surface area contributed by atoms with Crippen molar-refractivity contribution in [2.75, 3.05) is 33.8 Å². The number of likely N-dealkylation sites (tertiary alicyclic amines) is 1. The van der Waals surface area contributed by atoms with E-state index in [1.54, 1.807) is 0 Å². The third-order valence-corrected chi connectivity index (χ3v) is 5.52. The highest BCUT2D eigenvalue weighted by atomic mass is 32.1. The summed E-state index contributed by atoms with van der Waals surface area (Å²) in [5, 5.41) is 7.21. The van der Waals surface area contributed by atoms with E-state index in [9.17, 15) is 4.79 Å². The van der Waals surface area contributed by atoms with Crippen LogP contribution in [0.1, 0.15) is 26.2 Å². The summed E-state index contributed by atoms with van der Waals surface area (Å²) in [4.78, 5) is 16.9. The van der Waals surface area contributed by atoms with Gasteiger partial charge >= 0.3 is 0 Å². The minimum Gasteiger partial charge on any atom is -0.494 e. The normalized spacial score (nSPS) is 17.1. The van der Waals surface area contributed by atoms with Crippen LogP contribution in [0.15, 0.2) is 24.3 Å². The second-order valence-electron chi connectivity index (χ2n) is 7.31. The summed E-state index contributed by atoms with van der Waals surface area (Å²) in [5.41, 5.74) is 0.939. The molecule has 0 spiro atoms. The lowest BCUT2D eigenvalue weighted by Crippen LogP contribution is -2.47. The minimum atomic E-state index is 0.173. The van der Waals surface area contributed by atoms with Crippen molar-refractivity contribution in [3.63, 3.8) is 0 Å². The van der Waals surface area contributed by atoms with Crippen molar-refractivity contribution in [2.24, 2.45) is 0 Å². The molecule has 28 heavy (non-hydrogen) atoms. The first kappa shape index (κ1) is 20.5. The number of hydrogen-bond donors (Lipinski definition) is 1. The molecule has 0 bridgehead atoms.